The number of nitrogens with one attached hydrogen (secondary N) is 1. The number of hydrogen-bond donors (Lipinski definition) is 3. The van der Waals surface area contributed by atoms with Crippen LogP contribution in [0.15, 0.2) is 71.0 Å². The van der Waals surface area contributed by atoms with Crippen LogP contribution in [0.3, 0.4) is 0 Å². The first-order chi connectivity index (χ1) is 12.1. The molecule has 0 saturated carbocycles. The third kappa shape index (κ3) is 4.21. The molecule has 0 aliphatic heterocycles. The molecule has 5 N–H and O–H groups in total. The van der Waals surface area contributed by atoms with Crippen LogP contribution in [-0.4, -0.2) is 16.9 Å². The van der Waals surface area contributed by atoms with Gasteiger partial charge in [-0.05, 0) is 11.1 Å². The topological polar surface area (TPSA) is 106 Å². The van der Waals surface area contributed by atoms with Gasteiger partial charge < -0.3 is 16.8 Å². The van der Waals surface area contributed by atoms with E-state index in [1.807, 2.05) is 60.7 Å². The van der Waals surface area contributed by atoms with Gasteiger partial charge in [0.25, 0.3) is 5.91 Å². The lowest BCUT2D eigenvalue weighted by Gasteiger charge is -2.19. The summed E-state index contributed by atoms with van der Waals surface area (Å²) in [5.41, 5.74) is 12.9. The quantitative estimate of drug-likeness (QED) is 0.485. The van der Waals surface area contributed by atoms with Crippen LogP contribution in [0.1, 0.15) is 27.7 Å². The molecular weight excluding hydrogens is 334 g/mol. The number of carbonyl (C=O) groups is 1. The Kier molecular flexibility index (Phi) is 5.06. The molecule has 6 nitrogen and oxygen atoms in total. The van der Waals surface area contributed by atoms with E-state index in [-0.39, 0.29) is 23.6 Å². The highest BCUT2D eigenvalue weighted by Crippen LogP contribution is 2.23. The number of aliphatic imine (C=N–C) groups is 1. The maximum absolute atomic E-state index is 12.6. The van der Waals surface area contributed by atoms with Gasteiger partial charge in [0.05, 0.1) is 6.04 Å². The second kappa shape index (κ2) is 7.59. The largest absolute Gasteiger partial charge is 0.370 e. The van der Waals surface area contributed by atoms with Crippen molar-refractivity contribution < 1.29 is 4.79 Å². The summed E-state index contributed by atoms with van der Waals surface area (Å²) in [6.45, 7) is 0. The number of rotatable bonds is 5. The monoisotopic (exact) mass is 351 g/mol. The van der Waals surface area contributed by atoms with E-state index >= 15 is 0 Å². The van der Waals surface area contributed by atoms with Crippen molar-refractivity contribution in [3.05, 3.63) is 82.9 Å². The third-order valence-electron chi connectivity index (χ3n) is 3.49. The van der Waals surface area contributed by atoms with E-state index in [2.05, 4.69) is 15.3 Å². The number of hydrogen-bond acceptors (Lipinski definition) is 4. The van der Waals surface area contributed by atoms with Gasteiger partial charge in [-0.2, -0.15) is 4.99 Å². The molecule has 0 saturated heterocycles. The van der Waals surface area contributed by atoms with Crippen molar-refractivity contribution in [2.45, 2.75) is 6.04 Å². The summed E-state index contributed by atoms with van der Waals surface area (Å²) >= 11 is 1.21. The molecule has 25 heavy (non-hydrogen) atoms. The van der Waals surface area contributed by atoms with Gasteiger partial charge in [0.15, 0.2) is 5.96 Å². The molecule has 0 aliphatic rings. The Morgan fingerprint density at radius 3 is 2.08 bits per heavy atom. The van der Waals surface area contributed by atoms with Crippen molar-refractivity contribution in [2.75, 3.05) is 0 Å². The van der Waals surface area contributed by atoms with Crippen LogP contribution in [0.25, 0.3) is 0 Å². The molecule has 1 aromatic heterocycles. The molecule has 3 aromatic rings. The van der Waals surface area contributed by atoms with Crippen molar-refractivity contribution in [3.8, 4) is 0 Å². The molecule has 7 heteroatoms. The number of amides is 1. The molecule has 1 heterocycles. The number of aromatic nitrogens is 1. The van der Waals surface area contributed by atoms with E-state index in [0.29, 0.717) is 5.13 Å². The standard InChI is InChI=1S/C18H17N5OS/c19-17(20)23-18-21-14(11-25-18)16(24)22-15(12-7-3-1-4-8-12)13-9-5-2-6-10-13/h1-11,15H,(H,22,24)(H4,19,20,21,23). The number of nitrogens with two attached hydrogens (primary N) is 2. The fourth-order valence-electron chi connectivity index (χ4n) is 2.39. The Morgan fingerprint density at radius 1 is 1.00 bits per heavy atom. The van der Waals surface area contributed by atoms with E-state index in [1.54, 1.807) is 5.38 Å². The van der Waals surface area contributed by atoms with Gasteiger partial charge in [-0.1, -0.05) is 60.7 Å². The minimum atomic E-state index is -0.286. The van der Waals surface area contributed by atoms with Crippen molar-refractivity contribution >= 4 is 28.3 Å². The third-order valence-corrected chi connectivity index (χ3v) is 4.23. The van der Waals surface area contributed by atoms with Gasteiger partial charge in [0, 0.05) is 5.38 Å². The first-order valence-electron chi connectivity index (χ1n) is 7.59. The molecular formula is C18H17N5OS. The van der Waals surface area contributed by atoms with Crippen molar-refractivity contribution in [1.29, 1.82) is 0 Å². The summed E-state index contributed by atoms with van der Waals surface area (Å²) in [7, 11) is 0. The highest BCUT2D eigenvalue weighted by atomic mass is 32.1. The molecule has 0 atom stereocenters. The normalized spacial score (nSPS) is 10.4. The van der Waals surface area contributed by atoms with E-state index in [0.717, 1.165) is 11.1 Å². The highest BCUT2D eigenvalue weighted by molar-refractivity contribution is 7.13. The zero-order chi connectivity index (χ0) is 17.6. The lowest BCUT2D eigenvalue weighted by Crippen LogP contribution is -2.29. The maximum atomic E-state index is 12.6. The van der Waals surface area contributed by atoms with E-state index < -0.39 is 0 Å². The summed E-state index contributed by atoms with van der Waals surface area (Å²) < 4.78 is 0. The maximum Gasteiger partial charge on any atom is 0.271 e. The number of thiazole rings is 1. The molecule has 3 rings (SSSR count). The van der Waals surface area contributed by atoms with E-state index in [9.17, 15) is 4.79 Å². The number of nitrogens with zero attached hydrogens (tertiary/aromatic N) is 2. The minimum Gasteiger partial charge on any atom is -0.370 e. The minimum absolute atomic E-state index is 0.0900. The Morgan fingerprint density at radius 2 is 1.56 bits per heavy atom. The second-order valence-corrected chi connectivity index (χ2v) is 6.12. The van der Waals surface area contributed by atoms with Gasteiger partial charge in [-0.3, -0.25) is 4.79 Å². The Bertz CT molecular complexity index is 833. The molecule has 126 valence electrons. The first-order valence-corrected chi connectivity index (χ1v) is 8.47. The molecule has 0 spiro atoms. The van der Waals surface area contributed by atoms with Gasteiger partial charge in [-0.25, -0.2) is 4.98 Å². The lowest BCUT2D eigenvalue weighted by molar-refractivity contribution is 0.0938. The van der Waals surface area contributed by atoms with Crippen LogP contribution in [0, 0.1) is 0 Å². The van der Waals surface area contributed by atoms with Crippen molar-refractivity contribution in [3.63, 3.8) is 0 Å². The zero-order valence-corrected chi connectivity index (χ0v) is 14.1. The van der Waals surface area contributed by atoms with Crippen molar-refractivity contribution in [2.24, 2.45) is 16.5 Å². The number of carbonyl (C=O) groups excluding carboxylic acids is 1. The Labute approximate surface area is 149 Å². The van der Waals surface area contributed by atoms with Crippen LogP contribution < -0.4 is 16.8 Å². The highest BCUT2D eigenvalue weighted by Gasteiger charge is 2.19. The average Bonchev–Trinajstić information content (AvgIpc) is 3.09. The molecule has 0 unspecified atom stereocenters. The summed E-state index contributed by atoms with van der Waals surface area (Å²) in [4.78, 5) is 20.6. The smallest absolute Gasteiger partial charge is 0.271 e. The summed E-state index contributed by atoms with van der Waals surface area (Å²) in [5, 5.41) is 5.00. The van der Waals surface area contributed by atoms with Crippen molar-refractivity contribution in [1.82, 2.24) is 10.3 Å². The molecule has 0 bridgehead atoms. The van der Waals surface area contributed by atoms with Gasteiger partial charge in [-0.15, -0.1) is 11.3 Å². The first kappa shape index (κ1) is 16.7. The number of guanidine groups is 1. The lowest BCUT2D eigenvalue weighted by atomic mass is 9.98. The molecule has 2 aromatic carbocycles. The van der Waals surface area contributed by atoms with Crippen LogP contribution in [0.2, 0.25) is 0 Å². The van der Waals surface area contributed by atoms with Gasteiger partial charge >= 0.3 is 0 Å². The fourth-order valence-corrected chi connectivity index (χ4v) is 3.07. The fraction of sp³-hybridized carbons (Fsp3) is 0.0556. The van der Waals surface area contributed by atoms with Gasteiger partial charge in [0.2, 0.25) is 5.13 Å². The molecule has 1 amide bonds. The van der Waals surface area contributed by atoms with Crippen LogP contribution >= 0.6 is 11.3 Å². The van der Waals surface area contributed by atoms with Crippen LogP contribution in [0.5, 0.6) is 0 Å². The second-order valence-electron chi connectivity index (χ2n) is 5.28. The summed E-state index contributed by atoms with van der Waals surface area (Å²) in [6.07, 6.45) is 0. The van der Waals surface area contributed by atoms with E-state index in [1.165, 1.54) is 11.3 Å². The number of benzene rings is 2. The van der Waals surface area contributed by atoms with Gasteiger partial charge in [0.1, 0.15) is 5.69 Å². The van der Waals surface area contributed by atoms with Crippen LogP contribution in [0.4, 0.5) is 5.13 Å². The van der Waals surface area contributed by atoms with Crippen LogP contribution in [-0.2, 0) is 0 Å². The predicted molar refractivity (Wildman–Crippen MR) is 99.8 cm³/mol. The predicted octanol–water partition coefficient (Wildman–Crippen LogP) is 2.57. The summed E-state index contributed by atoms with van der Waals surface area (Å²) in [6, 6.07) is 19.3. The average molecular weight is 351 g/mol. The zero-order valence-electron chi connectivity index (χ0n) is 13.3. The molecule has 0 fully saturated rings. The Balaban J connectivity index is 1.87. The summed E-state index contributed by atoms with van der Waals surface area (Å²) in [5.74, 6) is -0.376. The molecule has 0 radical (unpaired) electrons. The molecule has 0 aliphatic carbocycles. The Hall–Kier alpha value is -3.19. The van der Waals surface area contributed by atoms with E-state index in [4.69, 9.17) is 11.5 Å². The SMILES string of the molecule is NC(N)=Nc1nc(C(=O)NC(c2ccccc2)c2ccccc2)cs1.